The van der Waals surface area contributed by atoms with Crippen molar-refractivity contribution in [3.8, 4) is 5.75 Å². The van der Waals surface area contributed by atoms with E-state index < -0.39 is 0 Å². The molecule has 3 N–H and O–H groups in total. The van der Waals surface area contributed by atoms with E-state index in [4.69, 9.17) is 10.5 Å². The van der Waals surface area contributed by atoms with Crippen molar-refractivity contribution in [2.75, 3.05) is 7.11 Å². The number of thioether (sulfide) groups is 1. The molecule has 4 nitrogen and oxygen atoms in total. The fraction of sp³-hybridized carbons (Fsp3) is 0.632. The standard InChI is InChI=1S/C19H28N2O2S.ClH/c1-12(24-17-8-6-16(23-2)7-9-17)19(22)21-18-13-4-3-5-14(18)11-15(20)10-13;/h6-9,12-15,18H,3-5,10-11,20H2,1-2H3,(H,21,22);1H. The highest BCUT2D eigenvalue weighted by Crippen LogP contribution is 2.40. The number of hydrogen-bond acceptors (Lipinski definition) is 4. The summed E-state index contributed by atoms with van der Waals surface area (Å²) < 4.78 is 5.17. The van der Waals surface area contributed by atoms with E-state index in [1.165, 1.54) is 19.3 Å². The maximum Gasteiger partial charge on any atom is 0.233 e. The molecular weight excluding hydrogens is 356 g/mol. The molecule has 2 bridgehead atoms. The predicted octanol–water partition coefficient (Wildman–Crippen LogP) is 3.62. The summed E-state index contributed by atoms with van der Waals surface area (Å²) in [5.74, 6) is 2.11. The summed E-state index contributed by atoms with van der Waals surface area (Å²) in [6.07, 6.45) is 5.80. The summed E-state index contributed by atoms with van der Waals surface area (Å²) >= 11 is 1.60. The molecule has 140 valence electrons. The molecule has 1 aromatic rings. The molecule has 2 aliphatic rings. The number of benzene rings is 1. The van der Waals surface area contributed by atoms with Gasteiger partial charge in [0.2, 0.25) is 5.91 Å². The summed E-state index contributed by atoms with van der Waals surface area (Å²) in [4.78, 5) is 13.8. The van der Waals surface area contributed by atoms with E-state index in [9.17, 15) is 4.79 Å². The summed E-state index contributed by atoms with van der Waals surface area (Å²) in [6, 6.07) is 8.51. The lowest BCUT2D eigenvalue weighted by atomic mass is 9.67. The average molecular weight is 385 g/mol. The molecule has 25 heavy (non-hydrogen) atoms. The number of halogens is 1. The zero-order valence-electron chi connectivity index (χ0n) is 14.9. The van der Waals surface area contributed by atoms with Gasteiger partial charge < -0.3 is 15.8 Å². The van der Waals surface area contributed by atoms with Crippen molar-refractivity contribution in [1.29, 1.82) is 0 Å². The van der Waals surface area contributed by atoms with E-state index in [1.807, 2.05) is 31.2 Å². The lowest BCUT2D eigenvalue weighted by molar-refractivity contribution is -0.122. The minimum Gasteiger partial charge on any atom is -0.497 e. The van der Waals surface area contributed by atoms with E-state index in [2.05, 4.69) is 5.32 Å². The van der Waals surface area contributed by atoms with Crippen LogP contribution in [0.1, 0.15) is 39.0 Å². The molecule has 0 spiro atoms. The molecule has 6 heteroatoms. The Morgan fingerprint density at radius 2 is 1.84 bits per heavy atom. The molecule has 2 saturated carbocycles. The first-order valence-corrected chi connectivity index (χ1v) is 9.81. The third kappa shape index (κ3) is 5.05. The second-order valence-corrected chi connectivity index (χ2v) is 8.57. The number of nitrogens with one attached hydrogen (secondary N) is 1. The number of methoxy groups -OCH3 is 1. The fourth-order valence-corrected chi connectivity index (χ4v) is 5.09. The molecule has 0 aromatic heterocycles. The first-order valence-electron chi connectivity index (χ1n) is 8.93. The second kappa shape index (κ2) is 9.15. The van der Waals surface area contributed by atoms with Gasteiger partial charge in [0, 0.05) is 17.0 Å². The highest BCUT2D eigenvalue weighted by molar-refractivity contribution is 8.00. The van der Waals surface area contributed by atoms with Gasteiger partial charge in [-0.25, -0.2) is 0 Å². The molecule has 3 rings (SSSR count). The van der Waals surface area contributed by atoms with Crippen molar-refractivity contribution in [1.82, 2.24) is 5.32 Å². The van der Waals surface area contributed by atoms with Crippen LogP contribution in [-0.2, 0) is 4.79 Å². The zero-order valence-corrected chi connectivity index (χ0v) is 16.6. The van der Waals surface area contributed by atoms with Crippen LogP contribution in [0, 0.1) is 11.8 Å². The van der Waals surface area contributed by atoms with Crippen LogP contribution in [0.5, 0.6) is 5.75 Å². The van der Waals surface area contributed by atoms with Crippen molar-refractivity contribution in [3.05, 3.63) is 24.3 Å². The monoisotopic (exact) mass is 384 g/mol. The molecule has 2 fully saturated rings. The Morgan fingerprint density at radius 3 is 2.40 bits per heavy atom. The van der Waals surface area contributed by atoms with Gasteiger partial charge in [0.25, 0.3) is 0 Å². The third-order valence-electron chi connectivity index (χ3n) is 5.43. The van der Waals surface area contributed by atoms with Crippen LogP contribution < -0.4 is 15.8 Å². The van der Waals surface area contributed by atoms with Gasteiger partial charge in [0.05, 0.1) is 12.4 Å². The Morgan fingerprint density at radius 1 is 1.24 bits per heavy atom. The van der Waals surface area contributed by atoms with E-state index >= 15 is 0 Å². The molecule has 0 heterocycles. The Balaban J connectivity index is 0.00000225. The Kier molecular flexibility index (Phi) is 7.47. The topological polar surface area (TPSA) is 64.3 Å². The van der Waals surface area contributed by atoms with Gasteiger partial charge in [-0.2, -0.15) is 0 Å². The number of rotatable bonds is 5. The molecule has 1 amide bonds. The Bertz CT molecular complexity index is 555. The number of nitrogens with two attached hydrogens (primary N) is 1. The molecule has 3 unspecified atom stereocenters. The minimum atomic E-state index is -0.102. The summed E-state index contributed by atoms with van der Waals surface area (Å²) in [5, 5.41) is 3.24. The largest absolute Gasteiger partial charge is 0.497 e. The number of hydrogen-bond donors (Lipinski definition) is 2. The van der Waals surface area contributed by atoms with Crippen molar-refractivity contribution in [2.45, 2.75) is 61.3 Å². The van der Waals surface area contributed by atoms with E-state index in [0.29, 0.717) is 23.9 Å². The Hall–Kier alpha value is -0.910. The number of amides is 1. The fourth-order valence-electron chi connectivity index (χ4n) is 4.22. The number of carbonyl (C=O) groups is 1. The summed E-state index contributed by atoms with van der Waals surface area (Å²) in [5.41, 5.74) is 6.18. The van der Waals surface area contributed by atoms with Gasteiger partial charge in [-0.3, -0.25) is 4.79 Å². The quantitative estimate of drug-likeness (QED) is 0.761. The van der Waals surface area contributed by atoms with E-state index in [-0.39, 0.29) is 23.6 Å². The van der Waals surface area contributed by atoms with Gasteiger partial charge in [0.15, 0.2) is 0 Å². The maximum atomic E-state index is 12.7. The highest BCUT2D eigenvalue weighted by atomic mass is 35.5. The smallest absolute Gasteiger partial charge is 0.233 e. The lowest BCUT2D eigenvalue weighted by Gasteiger charge is -2.45. The van der Waals surface area contributed by atoms with E-state index in [0.717, 1.165) is 23.5 Å². The molecule has 3 atom stereocenters. The molecule has 1 aromatic carbocycles. The minimum absolute atomic E-state index is 0. The van der Waals surface area contributed by atoms with Gasteiger partial charge in [-0.1, -0.05) is 6.42 Å². The molecule has 2 aliphatic carbocycles. The van der Waals surface area contributed by atoms with Crippen LogP contribution in [0.15, 0.2) is 29.2 Å². The second-order valence-electron chi connectivity index (χ2n) is 7.15. The van der Waals surface area contributed by atoms with Crippen LogP contribution in [-0.4, -0.2) is 30.4 Å². The highest BCUT2D eigenvalue weighted by Gasteiger charge is 2.40. The number of fused-ring (bicyclic) bond motifs is 2. The average Bonchev–Trinajstić information content (AvgIpc) is 2.56. The van der Waals surface area contributed by atoms with Crippen molar-refractivity contribution < 1.29 is 9.53 Å². The first-order chi connectivity index (χ1) is 11.6. The van der Waals surface area contributed by atoms with Crippen LogP contribution in [0.2, 0.25) is 0 Å². The van der Waals surface area contributed by atoms with Gasteiger partial charge >= 0.3 is 0 Å². The maximum absolute atomic E-state index is 12.7. The van der Waals surface area contributed by atoms with Gasteiger partial charge in [-0.05, 0) is 68.7 Å². The molecule has 0 saturated heterocycles. The van der Waals surface area contributed by atoms with Crippen molar-refractivity contribution in [3.63, 3.8) is 0 Å². The van der Waals surface area contributed by atoms with Crippen LogP contribution in [0.3, 0.4) is 0 Å². The summed E-state index contributed by atoms with van der Waals surface area (Å²) in [7, 11) is 1.66. The van der Waals surface area contributed by atoms with Crippen LogP contribution >= 0.6 is 24.2 Å². The molecule has 0 aliphatic heterocycles. The predicted molar refractivity (Wildman–Crippen MR) is 106 cm³/mol. The van der Waals surface area contributed by atoms with Crippen LogP contribution in [0.4, 0.5) is 0 Å². The van der Waals surface area contributed by atoms with Crippen LogP contribution in [0.25, 0.3) is 0 Å². The van der Waals surface area contributed by atoms with Crippen molar-refractivity contribution in [2.24, 2.45) is 17.6 Å². The summed E-state index contributed by atoms with van der Waals surface area (Å²) in [6.45, 7) is 1.98. The van der Waals surface area contributed by atoms with Crippen molar-refractivity contribution >= 4 is 30.1 Å². The Labute approximate surface area is 161 Å². The molecular formula is C19H29ClN2O2S. The molecule has 0 radical (unpaired) electrons. The number of ether oxygens (including phenoxy) is 1. The first kappa shape index (κ1) is 20.4. The zero-order chi connectivity index (χ0) is 17.1. The van der Waals surface area contributed by atoms with Gasteiger partial charge in [0.1, 0.15) is 5.75 Å². The lowest BCUT2D eigenvalue weighted by Crippen LogP contribution is -2.54. The van der Waals surface area contributed by atoms with E-state index in [1.54, 1.807) is 18.9 Å². The number of carbonyl (C=O) groups excluding carboxylic acids is 1. The van der Waals surface area contributed by atoms with Gasteiger partial charge in [-0.15, -0.1) is 24.2 Å². The third-order valence-corrected chi connectivity index (χ3v) is 6.54. The normalized spacial score (nSPS) is 29.2. The SMILES string of the molecule is COc1ccc(SC(C)C(=O)NC2C3CCCC2CC(N)C3)cc1.Cl.